The zero-order valence-corrected chi connectivity index (χ0v) is 20.6. The number of hydrogen-bond donors (Lipinski definition) is 1. The number of carbonyl (C=O) groups excluding carboxylic acids is 1. The van der Waals surface area contributed by atoms with E-state index in [1.54, 1.807) is 0 Å². The van der Waals surface area contributed by atoms with Crippen LogP contribution in [0, 0.1) is 29.1 Å². The SMILES string of the molecule is O=C(NC(OC(F)=C(F)C(F)(F)C(F)(F)C(F)(F)C(F)(F)C(F)(F)C(F)(F)C(F)(F)F)=C(F)C(F)(F)F)c1c(F)c(F)c(F)c(F)c1F. The smallest absolute Gasteiger partial charge is 0.409 e. The quantitative estimate of drug-likeness (QED) is 0.112. The van der Waals surface area contributed by atoms with Gasteiger partial charge in [0.25, 0.3) is 11.7 Å². The van der Waals surface area contributed by atoms with Gasteiger partial charge in [-0.2, -0.15) is 92.2 Å². The van der Waals surface area contributed by atoms with E-state index in [9.17, 15) is 119 Å². The van der Waals surface area contributed by atoms with E-state index in [0.717, 1.165) is 0 Å². The molecule has 0 heterocycles. The summed E-state index contributed by atoms with van der Waals surface area (Å²) in [5, 5.41) is -0.166. The van der Waals surface area contributed by atoms with Crippen molar-refractivity contribution in [3.63, 3.8) is 0 Å². The minimum absolute atomic E-state index is 0.166. The van der Waals surface area contributed by atoms with Crippen LogP contribution in [0.1, 0.15) is 10.4 Å². The average Bonchev–Trinajstić information content (AvgIpc) is 2.92. The lowest BCUT2D eigenvalue weighted by Gasteiger charge is -2.41. The molecule has 1 N–H and O–H groups in total. The Morgan fingerprint density at radius 1 is 0.479 bits per heavy atom. The standard InChI is InChI=1S/C19HF26NO2/c20-2-1(3(21)5(23)6(24)4(2)22)10(47)46-11(8(26)13(30,31)32)48-9(27)7(25)12(28,29)14(33,34)15(35,36)16(37,38)17(39,40)18(41,42)19(43,44)45/h(H,46,47). The lowest BCUT2D eigenvalue weighted by atomic mass is 9.91. The third-order valence-electron chi connectivity index (χ3n) is 5.08. The van der Waals surface area contributed by atoms with E-state index >= 15 is 0 Å². The van der Waals surface area contributed by atoms with Gasteiger partial charge < -0.3 is 4.74 Å². The molecule has 0 bridgehead atoms. The zero-order valence-electron chi connectivity index (χ0n) is 20.6. The summed E-state index contributed by atoms with van der Waals surface area (Å²) in [5.41, 5.74) is -3.00. The second kappa shape index (κ2) is 12.2. The third-order valence-corrected chi connectivity index (χ3v) is 5.08. The second-order valence-electron chi connectivity index (χ2n) is 8.17. The van der Waals surface area contributed by atoms with Crippen molar-refractivity contribution in [1.82, 2.24) is 5.32 Å². The predicted octanol–water partition coefficient (Wildman–Crippen LogP) is 9.31. The van der Waals surface area contributed by atoms with Gasteiger partial charge in [0.05, 0.1) is 0 Å². The van der Waals surface area contributed by atoms with Crippen molar-refractivity contribution in [2.24, 2.45) is 0 Å². The number of hydrogen-bond acceptors (Lipinski definition) is 2. The fraction of sp³-hybridized carbons (Fsp3) is 0.421. The monoisotopic (exact) mass is 769 g/mol. The Labute approximate surface area is 242 Å². The van der Waals surface area contributed by atoms with E-state index in [1.165, 1.54) is 0 Å². The largest absolute Gasteiger partial charge is 0.460 e. The van der Waals surface area contributed by atoms with E-state index in [1.807, 2.05) is 0 Å². The van der Waals surface area contributed by atoms with Crippen LogP contribution in [0.5, 0.6) is 0 Å². The van der Waals surface area contributed by atoms with Crippen LogP contribution < -0.4 is 5.32 Å². The molecule has 0 aromatic heterocycles. The first-order valence-electron chi connectivity index (χ1n) is 10.3. The Hall–Kier alpha value is -3.85. The highest BCUT2D eigenvalue weighted by atomic mass is 19.4. The maximum Gasteiger partial charge on any atom is 0.460 e. The number of alkyl halides is 18. The summed E-state index contributed by atoms with van der Waals surface area (Å²) in [6.07, 6.45) is -14.9. The summed E-state index contributed by atoms with van der Waals surface area (Å²) in [5.74, 6) is -85.8. The van der Waals surface area contributed by atoms with Gasteiger partial charge in [0, 0.05) is 0 Å². The van der Waals surface area contributed by atoms with E-state index in [-0.39, 0.29) is 5.32 Å². The summed E-state index contributed by atoms with van der Waals surface area (Å²) < 4.78 is 346. The molecule has 0 fully saturated rings. The van der Waals surface area contributed by atoms with Crippen LogP contribution in [-0.4, -0.2) is 53.8 Å². The number of halogens is 26. The van der Waals surface area contributed by atoms with Crippen molar-refractivity contribution in [3.8, 4) is 0 Å². The van der Waals surface area contributed by atoms with Gasteiger partial charge in [0.2, 0.25) is 17.5 Å². The molecule has 0 saturated carbocycles. The fourth-order valence-corrected chi connectivity index (χ4v) is 2.59. The first-order chi connectivity index (χ1) is 20.9. The summed E-state index contributed by atoms with van der Waals surface area (Å²) in [6.45, 7) is 0. The van der Waals surface area contributed by atoms with Crippen molar-refractivity contribution in [1.29, 1.82) is 0 Å². The van der Waals surface area contributed by atoms with Gasteiger partial charge in [-0.3, -0.25) is 10.1 Å². The highest BCUT2D eigenvalue weighted by Gasteiger charge is 2.94. The topological polar surface area (TPSA) is 38.3 Å². The number of amides is 1. The Morgan fingerprint density at radius 3 is 1.17 bits per heavy atom. The molecule has 0 unspecified atom stereocenters. The van der Waals surface area contributed by atoms with Crippen LogP contribution in [-0.2, 0) is 4.74 Å². The average molecular weight is 769 g/mol. The molecule has 0 atom stereocenters. The van der Waals surface area contributed by atoms with Gasteiger partial charge in [-0.05, 0) is 0 Å². The predicted molar refractivity (Wildman–Crippen MR) is 94.0 cm³/mol. The number of carbonyl (C=O) groups is 1. The van der Waals surface area contributed by atoms with Crippen LogP contribution in [0.3, 0.4) is 0 Å². The van der Waals surface area contributed by atoms with Crippen molar-refractivity contribution in [2.75, 3.05) is 0 Å². The van der Waals surface area contributed by atoms with Crippen molar-refractivity contribution < 1.29 is 124 Å². The van der Waals surface area contributed by atoms with Crippen LogP contribution in [0.2, 0.25) is 0 Å². The third kappa shape index (κ3) is 6.33. The molecular weight excluding hydrogens is 768 g/mol. The molecule has 1 rings (SSSR count). The number of allylic oxidation sites excluding steroid dienone is 2. The van der Waals surface area contributed by atoms with Gasteiger partial charge in [-0.25, -0.2) is 22.0 Å². The molecule has 276 valence electrons. The summed E-state index contributed by atoms with van der Waals surface area (Å²) in [6, 6.07) is -4.79. The first-order valence-corrected chi connectivity index (χ1v) is 10.3. The fourth-order valence-electron chi connectivity index (χ4n) is 2.59. The molecular formula is C19HF26NO2. The molecule has 0 spiro atoms. The summed E-state index contributed by atoms with van der Waals surface area (Å²) >= 11 is 0. The molecule has 0 aliphatic rings. The molecule has 0 saturated heterocycles. The van der Waals surface area contributed by atoms with Gasteiger partial charge in [0.15, 0.2) is 23.3 Å². The van der Waals surface area contributed by atoms with Gasteiger partial charge >= 0.3 is 53.9 Å². The molecule has 29 heteroatoms. The van der Waals surface area contributed by atoms with Crippen molar-refractivity contribution >= 4 is 5.91 Å². The molecule has 0 aliphatic carbocycles. The van der Waals surface area contributed by atoms with Gasteiger partial charge in [-0.1, -0.05) is 0 Å². The minimum atomic E-state index is -9.09. The summed E-state index contributed by atoms with van der Waals surface area (Å²) in [4.78, 5) is 11.7. The van der Waals surface area contributed by atoms with Gasteiger partial charge in [-0.15, -0.1) is 0 Å². The Morgan fingerprint density at radius 2 is 0.812 bits per heavy atom. The Bertz CT molecular complexity index is 1470. The number of benzene rings is 1. The molecule has 1 aromatic rings. The van der Waals surface area contributed by atoms with E-state index in [0.29, 0.717) is 0 Å². The highest BCUT2D eigenvalue weighted by molar-refractivity contribution is 5.95. The van der Waals surface area contributed by atoms with Gasteiger partial charge in [0.1, 0.15) is 5.56 Å². The molecule has 48 heavy (non-hydrogen) atoms. The van der Waals surface area contributed by atoms with Crippen molar-refractivity contribution in [2.45, 2.75) is 47.9 Å². The van der Waals surface area contributed by atoms with Crippen molar-refractivity contribution in [3.05, 3.63) is 58.2 Å². The van der Waals surface area contributed by atoms with E-state index in [2.05, 4.69) is 4.74 Å². The number of nitrogens with one attached hydrogen (secondary N) is 1. The van der Waals surface area contributed by atoms with E-state index < -0.39 is 112 Å². The van der Waals surface area contributed by atoms with E-state index in [4.69, 9.17) is 0 Å². The van der Waals surface area contributed by atoms with Crippen LogP contribution >= 0.6 is 0 Å². The zero-order chi connectivity index (χ0) is 38.8. The van der Waals surface area contributed by atoms with Crippen LogP contribution in [0.25, 0.3) is 0 Å². The minimum Gasteiger partial charge on any atom is -0.409 e. The molecule has 0 aliphatic heterocycles. The highest BCUT2D eigenvalue weighted by Crippen LogP contribution is 2.63. The summed E-state index contributed by atoms with van der Waals surface area (Å²) in [7, 11) is 0. The lowest BCUT2D eigenvalue weighted by molar-refractivity contribution is -0.451. The lowest BCUT2D eigenvalue weighted by Crippen LogP contribution is -2.72. The first kappa shape index (κ1) is 42.2. The van der Waals surface area contributed by atoms with Crippen LogP contribution in [0.15, 0.2) is 23.5 Å². The molecule has 3 nitrogen and oxygen atoms in total. The normalized spacial score (nSPS) is 15.6. The Balaban J connectivity index is 3.85. The van der Waals surface area contributed by atoms with Crippen LogP contribution in [0.4, 0.5) is 114 Å². The molecule has 0 radical (unpaired) electrons. The maximum absolute atomic E-state index is 13.9. The molecule has 1 aromatic carbocycles. The number of rotatable bonds is 10. The second-order valence-corrected chi connectivity index (χ2v) is 8.17. The number of ether oxygens (including phenoxy) is 1. The maximum atomic E-state index is 13.9. The molecule has 1 amide bonds. The Kier molecular flexibility index (Phi) is 10.8.